The number of benzene rings is 2. The summed E-state index contributed by atoms with van der Waals surface area (Å²) in [6.07, 6.45) is 0. The monoisotopic (exact) mass is 330 g/mol. The van der Waals surface area contributed by atoms with Gasteiger partial charge in [0.15, 0.2) is 9.84 Å². The summed E-state index contributed by atoms with van der Waals surface area (Å²) < 4.78 is 23.6. The highest BCUT2D eigenvalue weighted by atomic mass is 35.5. The fourth-order valence-corrected chi connectivity index (χ4v) is 3.22. The lowest BCUT2D eigenvalue weighted by atomic mass is 10.0. The van der Waals surface area contributed by atoms with E-state index in [2.05, 4.69) is 0 Å². The van der Waals surface area contributed by atoms with Gasteiger partial charge in [0, 0.05) is 21.2 Å². The molecule has 2 rings (SSSR count). The molecule has 6 heteroatoms. The van der Waals surface area contributed by atoms with Gasteiger partial charge in [-0.15, -0.1) is 0 Å². The largest absolute Gasteiger partial charge is 0.507 e. The van der Waals surface area contributed by atoms with Gasteiger partial charge in [0.1, 0.15) is 5.75 Å². The van der Waals surface area contributed by atoms with Gasteiger partial charge in [-0.25, -0.2) is 8.42 Å². The molecule has 0 radical (unpaired) electrons. The van der Waals surface area contributed by atoms with Crippen LogP contribution >= 0.6 is 23.2 Å². The third-order valence-electron chi connectivity index (χ3n) is 2.93. The van der Waals surface area contributed by atoms with Gasteiger partial charge in [0.2, 0.25) is 0 Å². The standard InChI is InChI=1S/C14H12Cl2O3S/c1-2-20(18,19)10-4-5-11(13(16)8-10)12-7-9(15)3-6-14(12)17/h3-8,17H,2H2,1H3. The first kappa shape index (κ1) is 15.2. The molecule has 20 heavy (non-hydrogen) atoms. The minimum atomic E-state index is -3.31. The Balaban J connectivity index is 2.58. The normalized spacial score (nSPS) is 11.6. The first-order valence-electron chi connectivity index (χ1n) is 5.86. The second-order valence-electron chi connectivity index (χ2n) is 4.21. The zero-order valence-electron chi connectivity index (χ0n) is 10.6. The van der Waals surface area contributed by atoms with Crippen LogP contribution in [0.25, 0.3) is 11.1 Å². The highest BCUT2D eigenvalue weighted by molar-refractivity contribution is 7.91. The van der Waals surface area contributed by atoms with Crippen LogP contribution in [-0.4, -0.2) is 19.3 Å². The molecule has 106 valence electrons. The van der Waals surface area contributed by atoms with E-state index in [0.717, 1.165) is 0 Å². The summed E-state index contributed by atoms with van der Waals surface area (Å²) in [7, 11) is -3.31. The summed E-state index contributed by atoms with van der Waals surface area (Å²) in [5, 5.41) is 10.6. The van der Waals surface area contributed by atoms with Crippen LogP contribution < -0.4 is 0 Å². The van der Waals surface area contributed by atoms with Crippen LogP contribution in [0.1, 0.15) is 6.92 Å². The van der Waals surface area contributed by atoms with Gasteiger partial charge in [0.25, 0.3) is 0 Å². The SMILES string of the molecule is CCS(=O)(=O)c1ccc(-c2cc(Cl)ccc2O)c(Cl)c1. The number of aromatic hydroxyl groups is 1. The molecule has 0 saturated carbocycles. The lowest BCUT2D eigenvalue weighted by Crippen LogP contribution is -2.03. The second-order valence-corrected chi connectivity index (χ2v) is 7.33. The average molecular weight is 331 g/mol. The molecule has 0 spiro atoms. The van der Waals surface area contributed by atoms with Gasteiger partial charge in [-0.3, -0.25) is 0 Å². The highest BCUT2D eigenvalue weighted by Gasteiger charge is 2.15. The summed E-state index contributed by atoms with van der Waals surface area (Å²) in [6.45, 7) is 1.57. The molecule has 2 aromatic carbocycles. The van der Waals surface area contributed by atoms with E-state index in [9.17, 15) is 13.5 Å². The summed E-state index contributed by atoms with van der Waals surface area (Å²) in [6, 6.07) is 9.02. The third kappa shape index (κ3) is 2.92. The van der Waals surface area contributed by atoms with Crippen molar-refractivity contribution in [1.82, 2.24) is 0 Å². The van der Waals surface area contributed by atoms with Crippen molar-refractivity contribution in [3.63, 3.8) is 0 Å². The van der Waals surface area contributed by atoms with Gasteiger partial charge in [-0.05, 0) is 30.3 Å². The van der Waals surface area contributed by atoms with E-state index in [-0.39, 0.29) is 21.4 Å². The predicted octanol–water partition coefficient (Wildman–Crippen LogP) is 4.16. The minimum Gasteiger partial charge on any atom is -0.507 e. The molecule has 0 atom stereocenters. The first-order valence-corrected chi connectivity index (χ1v) is 8.27. The van der Waals surface area contributed by atoms with Crippen molar-refractivity contribution in [2.24, 2.45) is 0 Å². The molecule has 0 aromatic heterocycles. The molecule has 0 heterocycles. The van der Waals surface area contributed by atoms with Crippen LogP contribution in [0.5, 0.6) is 5.75 Å². The fraction of sp³-hybridized carbons (Fsp3) is 0.143. The molecule has 1 N–H and O–H groups in total. The van der Waals surface area contributed by atoms with E-state index in [4.69, 9.17) is 23.2 Å². The Bertz CT molecular complexity index is 755. The summed E-state index contributed by atoms with van der Waals surface area (Å²) in [4.78, 5) is 0.162. The Morgan fingerprint density at radius 1 is 1.05 bits per heavy atom. The van der Waals surface area contributed by atoms with Crippen molar-refractivity contribution in [2.45, 2.75) is 11.8 Å². The number of rotatable bonds is 3. The maximum absolute atomic E-state index is 11.8. The molecule has 0 aliphatic carbocycles. The Morgan fingerprint density at radius 3 is 2.35 bits per heavy atom. The summed E-state index contributed by atoms with van der Waals surface area (Å²) in [5.74, 6) is 0.0350. The van der Waals surface area contributed by atoms with Gasteiger partial charge in [-0.1, -0.05) is 36.2 Å². The quantitative estimate of drug-likeness (QED) is 0.919. The van der Waals surface area contributed by atoms with Crippen molar-refractivity contribution >= 4 is 33.0 Å². The number of hydrogen-bond acceptors (Lipinski definition) is 3. The van der Waals surface area contributed by atoms with Crippen LogP contribution in [0.3, 0.4) is 0 Å². The zero-order chi connectivity index (χ0) is 14.9. The van der Waals surface area contributed by atoms with Crippen molar-refractivity contribution < 1.29 is 13.5 Å². The van der Waals surface area contributed by atoms with Gasteiger partial charge >= 0.3 is 0 Å². The minimum absolute atomic E-state index is 0.00505. The van der Waals surface area contributed by atoms with Crippen molar-refractivity contribution in [3.05, 3.63) is 46.4 Å². The van der Waals surface area contributed by atoms with Crippen LogP contribution in [-0.2, 0) is 9.84 Å². The number of phenols is 1. The van der Waals surface area contributed by atoms with Crippen LogP contribution in [0, 0.1) is 0 Å². The van der Waals surface area contributed by atoms with E-state index in [1.807, 2.05) is 0 Å². The molecule has 0 fully saturated rings. The van der Waals surface area contributed by atoms with Crippen molar-refractivity contribution in [3.8, 4) is 16.9 Å². The number of halogens is 2. The smallest absolute Gasteiger partial charge is 0.178 e. The molecule has 0 bridgehead atoms. The molecule has 3 nitrogen and oxygen atoms in total. The average Bonchev–Trinajstić information content (AvgIpc) is 2.41. The van der Waals surface area contributed by atoms with Gasteiger partial charge < -0.3 is 5.11 Å². The third-order valence-corrected chi connectivity index (χ3v) is 5.21. The molecular weight excluding hydrogens is 319 g/mol. The Morgan fingerprint density at radius 2 is 1.75 bits per heavy atom. The zero-order valence-corrected chi connectivity index (χ0v) is 12.9. The maximum atomic E-state index is 11.8. The van der Waals surface area contributed by atoms with Gasteiger partial charge in [0.05, 0.1) is 10.6 Å². The van der Waals surface area contributed by atoms with E-state index >= 15 is 0 Å². The molecule has 2 aromatic rings. The molecule has 0 amide bonds. The molecule has 0 aliphatic rings. The van der Waals surface area contributed by atoms with E-state index in [1.54, 1.807) is 25.1 Å². The van der Waals surface area contributed by atoms with Crippen molar-refractivity contribution in [2.75, 3.05) is 5.75 Å². The Hall–Kier alpha value is -1.23. The summed E-state index contributed by atoms with van der Waals surface area (Å²) >= 11 is 12.0. The Kier molecular flexibility index (Phi) is 4.28. The number of phenolic OH excluding ortho intramolecular Hbond substituents is 1. The molecule has 0 aliphatic heterocycles. The molecular formula is C14H12Cl2O3S. The summed E-state index contributed by atoms with van der Waals surface area (Å²) in [5.41, 5.74) is 0.990. The number of hydrogen-bond donors (Lipinski definition) is 1. The van der Waals surface area contributed by atoms with Gasteiger partial charge in [-0.2, -0.15) is 0 Å². The van der Waals surface area contributed by atoms with Crippen molar-refractivity contribution in [1.29, 1.82) is 0 Å². The van der Waals surface area contributed by atoms with E-state index in [1.165, 1.54) is 18.2 Å². The number of sulfone groups is 1. The van der Waals surface area contributed by atoms with E-state index < -0.39 is 9.84 Å². The van der Waals surface area contributed by atoms with E-state index in [0.29, 0.717) is 16.1 Å². The van der Waals surface area contributed by atoms with Crippen LogP contribution in [0.2, 0.25) is 10.0 Å². The topological polar surface area (TPSA) is 54.4 Å². The first-order chi connectivity index (χ1) is 9.35. The lowest BCUT2D eigenvalue weighted by molar-refractivity contribution is 0.477. The fourth-order valence-electron chi connectivity index (χ4n) is 1.80. The van der Waals surface area contributed by atoms with Crippen LogP contribution in [0.4, 0.5) is 0 Å². The Labute approximate surface area is 127 Å². The highest BCUT2D eigenvalue weighted by Crippen LogP contribution is 2.37. The predicted molar refractivity (Wildman–Crippen MR) is 81.3 cm³/mol. The molecule has 0 unspecified atom stereocenters. The maximum Gasteiger partial charge on any atom is 0.178 e. The lowest BCUT2D eigenvalue weighted by Gasteiger charge is -2.09. The second kappa shape index (κ2) is 5.64. The van der Waals surface area contributed by atoms with Crippen LogP contribution in [0.15, 0.2) is 41.3 Å². The molecule has 0 saturated heterocycles.